The summed E-state index contributed by atoms with van der Waals surface area (Å²) in [6.45, 7) is 0. The summed E-state index contributed by atoms with van der Waals surface area (Å²) in [5.74, 6) is 0. The molecule has 0 aromatic carbocycles. The minimum atomic E-state index is 0.956. The van der Waals surface area contributed by atoms with E-state index in [2.05, 4.69) is 0 Å². The molecule has 0 spiro atoms. The predicted molar refractivity (Wildman–Crippen MR) is 33.3 cm³/mol. The summed E-state index contributed by atoms with van der Waals surface area (Å²) in [6.07, 6.45) is 6.72. The van der Waals surface area contributed by atoms with Crippen LogP contribution in [0.4, 0.5) is 0 Å². The van der Waals surface area contributed by atoms with E-state index in [1.807, 2.05) is 0 Å². The van der Waals surface area contributed by atoms with Crippen molar-refractivity contribution in [3.63, 3.8) is 0 Å². The van der Waals surface area contributed by atoms with Crippen LogP contribution in [0.1, 0.15) is 0 Å². The van der Waals surface area contributed by atoms with Crippen molar-refractivity contribution in [1.82, 2.24) is 0 Å². The lowest BCUT2D eigenvalue weighted by Crippen LogP contribution is -1.77. The van der Waals surface area contributed by atoms with Crippen molar-refractivity contribution >= 4 is 11.6 Å². The Hall–Kier alpha value is -0.690. The summed E-state index contributed by atoms with van der Waals surface area (Å²) in [7, 11) is 0. The molecule has 0 bridgehead atoms. The topological polar surface area (TPSA) is 9.23 Å². The summed E-state index contributed by atoms with van der Waals surface area (Å²) in [5, 5.41) is 0. The zero-order valence-electron chi connectivity index (χ0n) is 4.17. The largest absolute Gasteiger partial charge is 0.473 e. The van der Waals surface area contributed by atoms with E-state index in [0.29, 0.717) is 0 Å². The van der Waals surface area contributed by atoms with Crippen LogP contribution in [0.15, 0.2) is 35.8 Å². The van der Waals surface area contributed by atoms with E-state index in [1.165, 1.54) is 5.54 Å². The van der Waals surface area contributed by atoms with Crippen LogP contribution in [0.2, 0.25) is 0 Å². The first kappa shape index (κ1) is 5.45. The second kappa shape index (κ2) is 2.58. The van der Waals surface area contributed by atoms with E-state index >= 15 is 0 Å². The van der Waals surface area contributed by atoms with Gasteiger partial charge < -0.3 is 4.74 Å². The van der Waals surface area contributed by atoms with Crippen LogP contribution < -0.4 is 0 Å². The Balaban J connectivity index is 2.69. The number of rotatable bonds is 0. The number of hydrogen-bond donors (Lipinski definition) is 0. The van der Waals surface area contributed by atoms with Gasteiger partial charge in [0.1, 0.15) is 0 Å². The number of allylic oxidation sites excluding steroid dienone is 3. The molecule has 0 aromatic heterocycles. The monoisotopic (exact) mass is 128 g/mol. The van der Waals surface area contributed by atoms with Crippen molar-refractivity contribution in [2.75, 3.05) is 0 Å². The van der Waals surface area contributed by atoms with Crippen LogP contribution in [-0.2, 0) is 4.74 Å². The molecule has 42 valence electrons. The summed E-state index contributed by atoms with van der Waals surface area (Å²) in [4.78, 5) is 0. The van der Waals surface area contributed by atoms with Gasteiger partial charge in [-0.15, -0.1) is 0 Å². The molecule has 0 atom stereocenters. The fourth-order valence-corrected chi connectivity index (χ4v) is 0.555. The van der Waals surface area contributed by atoms with E-state index in [0.717, 1.165) is 5.57 Å². The van der Waals surface area contributed by atoms with Crippen molar-refractivity contribution in [3.8, 4) is 0 Å². The molecular weight excluding hydrogens is 124 g/mol. The van der Waals surface area contributed by atoms with Crippen molar-refractivity contribution in [2.45, 2.75) is 0 Å². The van der Waals surface area contributed by atoms with Crippen LogP contribution in [0, 0.1) is 0 Å². The van der Waals surface area contributed by atoms with Gasteiger partial charge in [0.25, 0.3) is 0 Å². The van der Waals surface area contributed by atoms with Gasteiger partial charge in [-0.2, -0.15) is 0 Å². The molecule has 0 aromatic rings. The zero-order chi connectivity index (χ0) is 5.82. The maximum atomic E-state index is 5.36. The molecule has 1 aliphatic heterocycles. The number of ether oxygens (including phenoxy) is 1. The molecule has 0 aliphatic carbocycles. The lowest BCUT2D eigenvalue weighted by Gasteiger charge is -1.96. The van der Waals surface area contributed by atoms with Gasteiger partial charge in [-0.1, -0.05) is 11.6 Å². The minimum absolute atomic E-state index is 0.956. The summed E-state index contributed by atoms with van der Waals surface area (Å²) in [6, 6.07) is 0. The Kier molecular flexibility index (Phi) is 1.75. The van der Waals surface area contributed by atoms with Crippen molar-refractivity contribution in [2.24, 2.45) is 0 Å². The van der Waals surface area contributed by atoms with Crippen molar-refractivity contribution in [1.29, 1.82) is 0 Å². The molecule has 1 heterocycles. The molecule has 0 amide bonds. The van der Waals surface area contributed by atoms with Gasteiger partial charge in [0.05, 0.1) is 12.5 Å². The van der Waals surface area contributed by atoms with Gasteiger partial charge in [0.2, 0.25) is 0 Å². The molecule has 1 nitrogen and oxygen atoms in total. The molecule has 0 radical (unpaired) electrons. The molecule has 1 rings (SSSR count). The van der Waals surface area contributed by atoms with Gasteiger partial charge in [-0.25, -0.2) is 0 Å². The highest BCUT2D eigenvalue weighted by Crippen LogP contribution is 2.05. The van der Waals surface area contributed by atoms with Crippen LogP contribution in [0.25, 0.3) is 0 Å². The third-order valence-corrected chi connectivity index (χ3v) is 1.06. The third kappa shape index (κ3) is 1.14. The van der Waals surface area contributed by atoms with Crippen LogP contribution in [-0.4, -0.2) is 0 Å². The summed E-state index contributed by atoms with van der Waals surface area (Å²) >= 11 is 5.36. The highest BCUT2D eigenvalue weighted by atomic mass is 35.5. The Morgan fingerprint density at radius 3 is 2.38 bits per heavy atom. The van der Waals surface area contributed by atoms with Gasteiger partial charge in [-0.05, 0) is 17.7 Å². The molecule has 0 fully saturated rings. The van der Waals surface area contributed by atoms with Crippen LogP contribution >= 0.6 is 11.6 Å². The smallest absolute Gasteiger partial charge is 0.0907 e. The van der Waals surface area contributed by atoms with Crippen molar-refractivity contribution < 1.29 is 4.74 Å². The molecule has 0 N–H and O–H groups in total. The van der Waals surface area contributed by atoms with Gasteiger partial charge >= 0.3 is 0 Å². The summed E-state index contributed by atoms with van der Waals surface area (Å²) < 4.78 is 4.74. The second-order valence-electron chi connectivity index (χ2n) is 1.35. The number of halogens is 1. The molecule has 1 aliphatic rings. The molecule has 0 saturated carbocycles. The Bertz CT molecular complexity index is 142. The molecule has 0 unspecified atom stereocenters. The second-order valence-corrected chi connectivity index (χ2v) is 1.57. The van der Waals surface area contributed by atoms with E-state index in [9.17, 15) is 0 Å². The van der Waals surface area contributed by atoms with Crippen LogP contribution in [0.3, 0.4) is 0 Å². The first-order valence-corrected chi connectivity index (χ1v) is 2.66. The fourth-order valence-electron chi connectivity index (χ4n) is 0.409. The quantitative estimate of drug-likeness (QED) is 0.486. The van der Waals surface area contributed by atoms with Gasteiger partial charge in [-0.3, -0.25) is 0 Å². The van der Waals surface area contributed by atoms with Crippen LogP contribution in [0.5, 0.6) is 0 Å². The molecule has 0 saturated heterocycles. The highest BCUT2D eigenvalue weighted by molar-refractivity contribution is 6.26. The SMILES string of the molecule is ClC=C1C=COC=C1. The first-order chi connectivity index (χ1) is 3.93. The van der Waals surface area contributed by atoms with Gasteiger partial charge in [0.15, 0.2) is 0 Å². The number of hydrogen-bond acceptors (Lipinski definition) is 1. The normalized spacial score (nSPS) is 15.9. The Morgan fingerprint density at radius 1 is 1.38 bits per heavy atom. The Morgan fingerprint density at radius 2 is 2.00 bits per heavy atom. The predicted octanol–water partition coefficient (Wildman–Crippen LogP) is 2.17. The van der Waals surface area contributed by atoms with E-state index in [-0.39, 0.29) is 0 Å². The molecule has 8 heavy (non-hydrogen) atoms. The average molecular weight is 129 g/mol. The average Bonchev–Trinajstić information content (AvgIpc) is 1.90. The third-order valence-electron chi connectivity index (χ3n) is 0.804. The Labute approximate surface area is 52.9 Å². The molecule has 2 heteroatoms. The maximum Gasteiger partial charge on any atom is 0.0907 e. The fraction of sp³-hybridized carbons (Fsp3) is 0. The van der Waals surface area contributed by atoms with Gasteiger partial charge in [0, 0.05) is 5.54 Å². The standard InChI is InChI=1S/C6H5ClO/c7-5-6-1-3-8-4-2-6/h1-5H. The zero-order valence-corrected chi connectivity index (χ0v) is 4.93. The lowest BCUT2D eigenvalue weighted by molar-refractivity contribution is 0.398. The highest BCUT2D eigenvalue weighted by Gasteiger charge is 1.87. The first-order valence-electron chi connectivity index (χ1n) is 2.22. The van der Waals surface area contributed by atoms with Crippen molar-refractivity contribution in [3.05, 3.63) is 35.8 Å². The minimum Gasteiger partial charge on any atom is -0.473 e. The lowest BCUT2D eigenvalue weighted by atomic mass is 10.3. The van der Waals surface area contributed by atoms with E-state index < -0.39 is 0 Å². The van der Waals surface area contributed by atoms with E-state index in [4.69, 9.17) is 16.3 Å². The maximum absolute atomic E-state index is 5.36. The van der Waals surface area contributed by atoms with E-state index in [1.54, 1.807) is 24.7 Å². The molecular formula is C6H5ClO. The summed E-state index contributed by atoms with van der Waals surface area (Å²) in [5.41, 5.74) is 2.45.